The zero-order valence-corrected chi connectivity index (χ0v) is 31.5. The Labute approximate surface area is 319 Å². The number of nitrogens with one attached hydrogen (secondary N) is 3. The molecule has 57 heavy (non-hydrogen) atoms. The Morgan fingerprint density at radius 2 is 1.74 bits per heavy atom. The first kappa shape index (κ1) is 38.3. The molecule has 0 spiro atoms. The number of carbonyl (C=O) groups is 1. The molecule has 3 N–H and O–H groups in total. The molecule has 0 unspecified atom stereocenters. The second kappa shape index (κ2) is 13.3. The second-order valence-electron chi connectivity index (χ2n) is 14.8. The fourth-order valence-electron chi connectivity index (χ4n) is 7.73. The van der Waals surface area contributed by atoms with Crippen LogP contribution in [0.4, 0.5) is 36.6 Å². The highest BCUT2D eigenvalue weighted by Gasteiger charge is 2.57. The molecule has 2 aromatic carbocycles. The molecule has 20 heteroatoms. The fraction of sp³-hybridized carbons (Fsp3) is 0.378. The summed E-state index contributed by atoms with van der Waals surface area (Å²) in [5.74, 6) is -8.57. The molecule has 8 rings (SSSR count). The molecule has 4 heterocycles. The van der Waals surface area contributed by atoms with Crippen molar-refractivity contribution in [2.45, 2.75) is 69.6 Å². The number of para-hydroxylation sites is 1. The average Bonchev–Trinajstić information content (AvgIpc) is 3.57. The molecule has 1 fully saturated rings. The maximum atomic E-state index is 15.6. The van der Waals surface area contributed by atoms with E-state index in [1.165, 1.54) is 11.6 Å². The highest BCUT2D eigenvalue weighted by atomic mass is 32.2. The number of nitrogens with zero attached hydrogens (tertiary/aromatic N) is 6. The van der Waals surface area contributed by atoms with Crippen LogP contribution < -0.4 is 10.0 Å². The minimum atomic E-state index is -5.09. The summed E-state index contributed by atoms with van der Waals surface area (Å²) in [6.07, 6.45) is -2.68. The Hall–Kier alpha value is -5.53. The van der Waals surface area contributed by atoms with Crippen molar-refractivity contribution < 1.29 is 43.9 Å². The van der Waals surface area contributed by atoms with Crippen molar-refractivity contribution in [2.75, 3.05) is 11.0 Å². The van der Waals surface area contributed by atoms with Gasteiger partial charge in [0.15, 0.2) is 17.2 Å². The normalized spacial score (nSPS) is 18.6. The third-order valence-corrected chi connectivity index (χ3v) is 11.2. The van der Waals surface area contributed by atoms with Gasteiger partial charge in [-0.15, -0.1) is 0 Å². The van der Waals surface area contributed by atoms with E-state index in [9.17, 15) is 35.2 Å². The monoisotopic (exact) mass is 817 g/mol. The summed E-state index contributed by atoms with van der Waals surface area (Å²) in [4.78, 5) is 26.8. The van der Waals surface area contributed by atoms with Gasteiger partial charge in [0, 0.05) is 47.0 Å². The Morgan fingerprint density at radius 1 is 1.04 bits per heavy atom. The number of hydrogen-bond donors (Lipinski definition) is 3. The molecule has 2 aliphatic carbocycles. The van der Waals surface area contributed by atoms with Crippen molar-refractivity contribution in [3.8, 4) is 11.1 Å². The van der Waals surface area contributed by atoms with Gasteiger partial charge in [-0.25, -0.2) is 27.2 Å². The Morgan fingerprint density at radius 3 is 2.39 bits per heavy atom. The van der Waals surface area contributed by atoms with Crippen molar-refractivity contribution >= 4 is 43.8 Å². The standard InChI is InChI=1S/C37H34F7N9O3S/c1-16-17(2)36(40,41)32-28(16)31(37(42,43)44)49-53(32)15-27(54)45-25(12-18-10-20(38)13-21(39)11-18)29-24(14-26-35(47-29)48-33(46-26)19-8-9-19)22-6-5-7-23-30(22)52(3)50-34(23)51-57(4,55)56/h5-7,10-11,13-14,16-17,19,25H,8-9,12,15H2,1-4H3,(H,45,54)(H,50,51)(H,46,47,48)/t16-,17+,25-/m0/s1. The predicted molar refractivity (Wildman–Crippen MR) is 194 cm³/mol. The molecule has 2 aliphatic rings. The predicted octanol–water partition coefficient (Wildman–Crippen LogP) is 7.20. The van der Waals surface area contributed by atoms with Crippen molar-refractivity contribution in [1.29, 1.82) is 0 Å². The van der Waals surface area contributed by atoms with E-state index in [0.717, 1.165) is 38.2 Å². The fourth-order valence-corrected chi connectivity index (χ4v) is 8.23. The minimum absolute atomic E-state index is 0.0236. The van der Waals surface area contributed by atoms with Crippen LogP contribution >= 0.6 is 0 Å². The lowest BCUT2D eigenvalue weighted by Gasteiger charge is -2.23. The van der Waals surface area contributed by atoms with E-state index in [-0.39, 0.29) is 35.1 Å². The average molecular weight is 818 g/mol. The number of halogens is 7. The summed E-state index contributed by atoms with van der Waals surface area (Å²) < 4.78 is 131. The SMILES string of the molecule is C[C@@H]1c2c(C(F)(F)F)nn(CC(=O)N[C@@H](Cc3cc(F)cc(F)c3)c3nc4nc(C5CC5)[nH]c4cc3-c3cccc4c(NS(C)(=O)=O)nn(C)c34)c2C(F)(F)[C@@H]1C. The summed E-state index contributed by atoms with van der Waals surface area (Å²) in [6.45, 7) is 1.31. The van der Waals surface area contributed by atoms with Crippen LogP contribution in [0, 0.1) is 17.6 Å². The maximum Gasteiger partial charge on any atom is 0.435 e. The number of alkyl halides is 5. The van der Waals surface area contributed by atoms with Gasteiger partial charge < -0.3 is 10.3 Å². The van der Waals surface area contributed by atoms with Gasteiger partial charge in [-0.1, -0.05) is 26.0 Å². The third-order valence-electron chi connectivity index (χ3n) is 10.6. The Kier molecular flexibility index (Phi) is 8.93. The molecule has 1 amide bonds. The summed E-state index contributed by atoms with van der Waals surface area (Å²) >= 11 is 0. The second-order valence-corrected chi connectivity index (χ2v) is 16.6. The Balaban J connectivity index is 1.29. The molecule has 1 saturated carbocycles. The number of benzene rings is 2. The topological polar surface area (TPSA) is 152 Å². The number of imidazole rings is 1. The van der Waals surface area contributed by atoms with Crippen LogP contribution in [0.15, 0.2) is 42.5 Å². The van der Waals surface area contributed by atoms with Gasteiger partial charge in [-0.3, -0.25) is 18.9 Å². The lowest BCUT2D eigenvalue weighted by molar-refractivity contribution is -0.143. The van der Waals surface area contributed by atoms with Crippen LogP contribution in [-0.2, 0) is 46.9 Å². The van der Waals surface area contributed by atoms with E-state index in [1.54, 1.807) is 31.3 Å². The molecular weight excluding hydrogens is 784 g/mol. The molecule has 12 nitrogen and oxygen atoms in total. The number of aromatic nitrogens is 7. The van der Waals surface area contributed by atoms with E-state index < -0.39 is 81.0 Å². The van der Waals surface area contributed by atoms with Crippen LogP contribution in [0.2, 0.25) is 0 Å². The molecule has 6 aromatic rings. The van der Waals surface area contributed by atoms with Crippen molar-refractivity contribution in [1.82, 2.24) is 39.8 Å². The van der Waals surface area contributed by atoms with Gasteiger partial charge in [0.1, 0.15) is 29.7 Å². The van der Waals surface area contributed by atoms with Crippen LogP contribution in [0.25, 0.3) is 33.2 Å². The lowest BCUT2D eigenvalue weighted by atomic mass is 9.94. The van der Waals surface area contributed by atoms with Crippen molar-refractivity contribution in [3.05, 3.63) is 88.1 Å². The molecular formula is C37H34F7N9O3S. The first-order valence-electron chi connectivity index (χ1n) is 17.8. The molecule has 3 atom stereocenters. The van der Waals surface area contributed by atoms with E-state index in [2.05, 4.69) is 30.2 Å². The highest BCUT2D eigenvalue weighted by molar-refractivity contribution is 7.92. The van der Waals surface area contributed by atoms with E-state index in [4.69, 9.17) is 4.98 Å². The van der Waals surface area contributed by atoms with Gasteiger partial charge in [0.05, 0.1) is 29.0 Å². The number of anilines is 1. The van der Waals surface area contributed by atoms with Crippen LogP contribution in [0.1, 0.15) is 78.6 Å². The number of fused-ring (bicyclic) bond motifs is 3. The number of rotatable bonds is 10. The number of pyridine rings is 1. The first-order chi connectivity index (χ1) is 26.7. The number of amides is 1. The first-order valence-corrected chi connectivity index (χ1v) is 19.7. The number of H-pyrrole nitrogens is 1. The van der Waals surface area contributed by atoms with Gasteiger partial charge in [-0.05, 0) is 55.0 Å². The highest BCUT2D eigenvalue weighted by Crippen LogP contribution is 2.55. The maximum absolute atomic E-state index is 15.6. The van der Waals surface area contributed by atoms with E-state index in [0.29, 0.717) is 44.1 Å². The molecule has 0 aliphatic heterocycles. The summed E-state index contributed by atoms with van der Waals surface area (Å²) in [5, 5.41) is 10.9. The summed E-state index contributed by atoms with van der Waals surface area (Å²) in [5.41, 5.74) is -1.16. The molecule has 0 radical (unpaired) electrons. The van der Waals surface area contributed by atoms with Crippen LogP contribution in [-0.4, -0.2) is 55.1 Å². The van der Waals surface area contributed by atoms with E-state index >= 15 is 8.78 Å². The lowest BCUT2D eigenvalue weighted by Crippen LogP contribution is -2.35. The van der Waals surface area contributed by atoms with Gasteiger partial charge >= 0.3 is 6.18 Å². The van der Waals surface area contributed by atoms with Crippen molar-refractivity contribution in [2.24, 2.45) is 13.0 Å². The molecule has 300 valence electrons. The van der Waals surface area contributed by atoms with E-state index in [1.807, 2.05) is 0 Å². The third kappa shape index (κ3) is 6.97. The zero-order chi connectivity index (χ0) is 40.9. The number of carbonyl (C=O) groups excluding carboxylic acids is 1. The molecule has 0 bridgehead atoms. The van der Waals surface area contributed by atoms with Crippen molar-refractivity contribution in [3.63, 3.8) is 0 Å². The molecule has 4 aromatic heterocycles. The number of sulfonamides is 1. The largest absolute Gasteiger partial charge is 0.435 e. The Bertz CT molecular complexity index is 2700. The number of hydrogen-bond acceptors (Lipinski definition) is 7. The van der Waals surface area contributed by atoms with Crippen LogP contribution in [0.5, 0.6) is 0 Å². The number of aryl methyl sites for hydroxylation is 1. The number of aromatic amines is 1. The van der Waals surface area contributed by atoms with Gasteiger partial charge in [0.25, 0.3) is 5.92 Å². The van der Waals surface area contributed by atoms with Gasteiger partial charge in [0.2, 0.25) is 15.9 Å². The smallest absolute Gasteiger partial charge is 0.346 e. The zero-order valence-electron chi connectivity index (χ0n) is 30.6. The minimum Gasteiger partial charge on any atom is -0.346 e. The van der Waals surface area contributed by atoms with Crippen LogP contribution in [0.3, 0.4) is 0 Å². The summed E-state index contributed by atoms with van der Waals surface area (Å²) in [7, 11) is -2.18. The molecule has 0 saturated heterocycles. The summed E-state index contributed by atoms with van der Waals surface area (Å²) in [6, 6.07) is 8.07. The van der Waals surface area contributed by atoms with Gasteiger partial charge in [-0.2, -0.15) is 32.1 Å². The quantitative estimate of drug-likeness (QED) is 0.124.